The van der Waals surface area contributed by atoms with Crippen LogP contribution in [0.25, 0.3) is 5.57 Å². The molecule has 0 amide bonds. The first-order chi connectivity index (χ1) is 6.75. The van der Waals surface area contributed by atoms with Gasteiger partial charge in [0.05, 0.1) is 0 Å². The van der Waals surface area contributed by atoms with E-state index in [2.05, 4.69) is 31.0 Å². The largest absolute Gasteiger partial charge is 0.261 e. The maximum absolute atomic E-state index is 4.24. The van der Waals surface area contributed by atoms with Gasteiger partial charge in [-0.3, -0.25) is 4.98 Å². The van der Waals surface area contributed by atoms with Gasteiger partial charge in [-0.2, -0.15) is 0 Å². The lowest BCUT2D eigenvalue weighted by Crippen LogP contribution is -1.88. The van der Waals surface area contributed by atoms with Crippen LogP contribution in [0.5, 0.6) is 0 Å². The van der Waals surface area contributed by atoms with Crippen LogP contribution < -0.4 is 0 Å². The van der Waals surface area contributed by atoms with Crippen molar-refractivity contribution in [3.05, 3.63) is 35.7 Å². The number of hydrogen-bond donors (Lipinski definition) is 0. The Kier molecular flexibility index (Phi) is 6.73. The normalized spacial score (nSPS) is 10.5. The minimum atomic E-state index is 1.08. The van der Waals surface area contributed by atoms with E-state index in [1.807, 2.05) is 33.0 Å². The molecule has 0 fully saturated rings. The molecule has 0 aliphatic rings. The number of nitrogens with zero attached hydrogens (tertiary/aromatic N) is 1. The highest BCUT2D eigenvalue weighted by atomic mass is 14.7. The van der Waals surface area contributed by atoms with Crippen LogP contribution in [0.1, 0.15) is 45.4 Å². The van der Waals surface area contributed by atoms with E-state index >= 15 is 0 Å². The van der Waals surface area contributed by atoms with E-state index in [1.54, 1.807) is 0 Å². The smallest absolute Gasteiger partial charge is 0.0447 e. The minimum absolute atomic E-state index is 1.08. The average Bonchev–Trinajstić information content (AvgIpc) is 2.22. The second kappa shape index (κ2) is 7.31. The highest BCUT2D eigenvalue weighted by molar-refractivity contribution is 5.64. The molecule has 0 N–H and O–H groups in total. The third-order valence-corrected chi connectivity index (χ3v) is 1.94. The third kappa shape index (κ3) is 3.73. The van der Waals surface area contributed by atoms with Gasteiger partial charge in [-0.1, -0.05) is 32.9 Å². The van der Waals surface area contributed by atoms with Gasteiger partial charge in [0.2, 0.25) is 0 Å². The number of hydrogen-bond acceptors (Lipinski definition) is 1. The van der Waals surface area contributed by atoms with Gasteiger partial charge in [0.25, 0.3) is 0 Å². The fourth-order valence-corrected chi connectivity index (χ4v) is 1.32. The van der Waals surface area contributed by atoms with Crippen LogP contribution in [-0.2, 0) is 0 Å². The number of aromatic nitrogens is 1. The van der Waals surface area contributed by atoms with Crippen LogP contribution in [0.4, 0.5) is 0 Å². The maximum Gasteiger partial charge on any atom is 0.0447 e. The Bertz CT molecular complexity index is 287. The standard InChI is InChI=1S/C11H15N.C2H6/c1-4-6-9(2)11-7-5-8-12-10(11)3;1-2/h5-8H,4H2,1-3H3;1-2H3/b9-6-;. The molecule has 1 aromatic heterocycles. The SMILES string of the molecule is CC.CC/C=C(/C)c1cccnc1C. The van der Waals surface area contributed by atoms with Crippen molar-refractivity contribution in [2.75, 3.05) is 0 Å². The number of pyridine rings is 1. The summed E-state index contributed by atoms with van der Waals surface area (Å²) >= 11 is 0. The molecule has 0 radical (unpaired) electrons. The predicted octanol–water partition coefficient (Wildman–Crippen LogP) is 4.23. The van der Waals surface area contributed by atoms with E-state index in [-0.39, 0.29) is 0 Å². The van der Waals surface area contributed by atoms with Crippen molar-refractivity contribution in [3.63, 3.8) is 0 Å². The van der Waals surface area contributed by atoms with Crippen LogP contribution in [-0.4, -0.2) is 4.98 Å². The lowest BCUT2D eigenvalue weighted by Gasteiger charge is -2.03. The highest BCUT2D eigenvalue weighted by Gasteiger charge is 1.98. The summed E-state index contributed by atoms with van der Waals surface area (Å²) in [4.78, 5) is 4.24. The Morgan fingerprint density at radius 1 is 1.43 bits per heavy atom. The Morgan fingerprint density at radius 3 is 2.57 bits per heavy atom. The summed E-state index contributed by atoms with van der Waals surface area (Å²) in [5.74, 6) is 0. The summed E-state index contributed by atoms with van der Waals surface area (Å²) in [7, 11) is 0. The number of aryl methyl sites for hydroxylation is 1. The monoisotopic (exact) mass is 191 g/mol. The van der Waals surface area contributed by atoms with E-state index < -0.39 is 0 Å². The second-order valence-electron chi connectivity index (χ2n) is 2.93. The zero-order valence-electron chi connectivity index (χ0n) is 9.96. The molecule has 0 saturated carbocycles. The van der Waals surface area contributed by atoms with Crippen molar-refractivity contribution in [2.24, 2.45) is 0 Å². The average molecular weight is 191 g/mol. The fraction of sp³-hybridized carbons (Fsp3) is 0.462. The summed E-state index contributed by atoms with van der Waals surface area (Å²) in [6.45, 7) is 10.3. The van der Waals surface area contributed by atoms with Gasteiger partial charge in [0, 0.05) is 11.9 Å². The highest BCUT2D eigenvalue weighted by Crippen LogP contribution is 2.16. The molecule has 1 aromatic rings. The molecule has 0 unspecified atom stereocenters. The molecule has 0 saturated heterocycles. The van der Waals surface area contributed by atoms with Gasteiger partial charge in [-0.15, -0.1) is 0 Å². The first-order valence-corrected chi connectivity index (χ1v) is 5.34. The van der Waals surface area contributed by atoms with Gasteiger partial charge in [-0.05, 0) is 37.5 Å². The van der Waals surface area contributed by atoms with E-state index in [1.165, 1.54) is 11.1 Å². The van der Waals surface area contributed by atoms with Gasteiger partial charge in [0.1, 0.15) is 0 Å². The van der Waals surface area contributed by atoms with Gasteiger partial charge in [-0.25, -0.2) is 0 Å². The van der Waals surface area contributed by atoms with Crippen LogP contribution >= 0.6 is 0 Å². The molecular formula is C13H21N. The van der Waals surface area contributed by atoms with Gasteiger partial charge >= 0.3 is 0 Å². The van der Waals surface area contributed by atoms with Crippen LogP contribution in [0.15, 0.2) is 24.4 Å². The van der Waals surface area contributed by atoms with E-state index in [0.717, 1.165) is 12.1 Å². The van der Waals surface area contributed by atoms with Crippen LogP contribution in [0.3, 0.4) is 0 Å². The van der Waals surface area contributed by atoms with Crippen molar-refractivity contribution in [1.82, 2.24) is 4.98 Å². The molecule has 78 valence electrons. The molecule has 1 heteroatoms. The first-order valence-electron chi connectivity index (χ1n) is 5.34. The number of rotatable bonds is 2. The molecular weight excluding hydrogens is 170 g/mol. The zero-order valence-corrected chi connectivity index (χ0v) is 9.96. The fourth-order valence-electron chi connectivity index (χ4n) is 1.32. The zero-order chi connectivity index (χ0) is 11.0. The van der Waals surface area contributed by atoms with Crippen molar-refractivity contribution >= 4 is 5.57 Å². The van der Waals surface area contributed by atoms with Crippen molar-refractivity contribution in [3.8, 4) is 0 Å². The quantitative estimate of drug-likeness (QED) is 0.681. The molecule has 0 atom stereocenters. The molecule has 0 aliphatic carbocycles. The number of allylic oxidation sites excluding steroid dienone is 2. The predicted molar refractivity (Wildman–Crippen MR) is 64.3 cm³/mol. The molecule has 1 heterocycles. The Morgan fingerprint density at radius 2 is 2.07 bits per heavy atom. The first kappa shape index (κ1) is 12.9. The van der Waals surface area contributed by atoms with E-state index in [0.29, 0.717) is 0 Å². The summed E-state index contributed by atoms with van der Waals surface area (Å²) in [6.07, 6.45) is 5.14. The Labute approximate surface area is 87.9 Å². The van der Waals surface area contributed by atoms with Gasteiger partial charge in [0.15, 0.2) is 0 Å². The molecule has 1 nitrogen and oxygen atoms in total. The van der Waals surface area contributed by atoms with E-state index in [4.69, 9.17) is 0 Å². The Balaban J connectivity index is 0.000000791. The van der Waals surface area contributed by atoms with Crippen molar-refractivity contribution in [1.29, 1.82) is 0 Å². The lowest BCUT2D eigenvalue weighted by molar-refractivity contribution is 1.17. The third-order valence-electron chi connectivity index (χ3n) is 1.94. The second-order valence-corrected chi connectivity index (χ2v) is 2.93. The molecule has 1 rings (SSSR count). The molecule has 14 heavy (non-hydrogen) atoms. The van der Waals surface area contributed by atoms with Crippen LogP contribution in [0.2, 0.25) is 0 Å². The lowest BCUT2D eigenvalue weighted by atomic mass is 10.1. The topological polar surface area (TPSA) is 12.9 Å². The maximum atomic E-state index is 4.24. The summed E-state index contributed by atoms with van der Waals surface area (Å²) < 4.78 is 0. The van der Waals surface area contributed by atoms with Crippen LogP contribution in [0, 0.1) is 6.92 Å². The minimum Gasteiger partial charge on any atom is -0.261 e. The molecule has 0 aromatic carbocycles. The molecule has 0 spiro atoms. The summed E-state index contributed by atoms with van der Waals surface area (Å²) in [5, 5.41) is 0. The Hall–Kier alpha value is -1.11. The van der Waals surface area contributed by atoms with Crippen molar-refractivity contribution < 1.29 is 0 Å². The van der Waals surface area contributed by atoms with Crippen molar-refractivity contribution in [2.45, 2.75) is 41.0 Å². The molecule has 0 aliphatic heterocycles. The summed E-state index contributed by atoms with van der Waals surface area (Å²) in [5.41, 5.74) is 3.70. The molecule has 0 bridgehead atoms. The van der Waals surface area contributed by atoms with E-state index in [9.17, 15) is 0 Å². The van der Waals surface area contributed by atoms with Gasteiger partial charge < -0.3 is 0 Å². The summed E-state index contributed by atoms with van der Waals surface area (Å²) in [6, 6.07) is 4.10.